The van der Waals surface area contributed by atoms with Crippen LogP contribution in [0.1, 0.15) is 86.2 Å². The number of hydrogen-bond donors (Lipinski definition) is 1. The maximum Gasteiger partial charge on any atom is 0.338 e. The first kappa shape index (κ1) is 33.9. The summed E-state index contributed by atoms with van der Waals surface area (Å²) in [5.74, 6) is 0.248. The van der Waals surface area contributed by atoms with Crippen LogP contribution >= 0.6 is 0 Å². The van der Waals surface area contributed by atoms with Gasteiger partial charge in [0.05, 0.1) is 51.4 Å². The molecule has 1 fully saturated rings. The van der Waals surface area contributed by atoms with Gasteiger partial charge in [-0.05, 0) is 81.3 Å². The normalized spacial score (nSPS) is 13.3. The summed E-state index contributed by atoms with van der Waals surface area (Å²) < 4.78 is 27.6. The van der Waals surface area contributed by atoms with E-state index in [-0.39, 0.29) is 31.9 Å². The SMILES string of the molecule is CCOC(=O)c1ccc(OCCCc2ccc(OCCCCOC3CCCCC3)cc2)c(CC(=O)NCCC(=O)OC)c1. The number of amides is 1. The molecule has 0 atom stereocenters. The van der Waals surface area contributed by atoms with Crippen LogP contribution < -0.4 is 14.8 Å². The number of hydrogen-bond acceptors (Lipinski definition) is 8. The molecule has 0 aliphatic heterocycles. The number of unbranched alkanes of at least 4 members (excludes halogenated alkanes) is 1. The van der Waals surface area contributed by atoms with Crippen molar-refractivity contribution >= 4 is 17.8 Å². The van der Waals surface area contributed by atoms with Crippen LogP contribution in [0.15, 0.2) is 42.5 Å². The second-order valence-electron chi connectivity index (χ2n) is 10.7. The zero-order valence-corrected chi connectivity index (χ0v) is 25.7. The number of aryl methyl sites for hydroxylation is 1. The molecule has 2 aromatic rings. The second kappa shape index (κ2) is 19.6. The van der Waals surface area contributed by atoms with Crippen LogP contribution in [0.5, 0.6) is 11.5 Å². The molecule has 43 heavy (non-hydrogen) atoms. The highest BCUT2D eigenvalue weighted by atomic mass is 16.5. The quantitative estimate of drug-likeness (QED) is 0.165. The molecule has 1 saturated carbocycles. The van der Waals surface area contributed by atoms with Crippen molar-refractivity contribution in [3.05, 3.63) is 59.2 Å². The topological polar surface area (TPSA) is 109 Å². The molecule has 0 aromatic heterocycles. The molecule has 1 amide bonds. The molecule has 2 aromatic carbocycles. The van der Waals surface area contributed by atoms with Gasteiger partial charge < -0.3 is 29.0 Å². The van der Waals surface area contributed by atoms with Gasteiger partial charge in [0.25, 0.3) is 0 Å². The van der Waals surface area contributed by atoms with E-state index in [1.165, 1.54) is 44.8 Å². The Morgan fingerprint density at radius 1 is 0.884 bits per heavy atom. The maximum atomic E-state index is 12.5. The van der Waals surface area contributed by atoms with Crippen molar-refractivity contribution < 1.29 is 38.1 Å². The Morgan fingerprint density at radius 2 is 1.63 bits per heavy atom. The fraction of sp³-hybridized carbons (Fsp3) is 0.559. The summed E-state index contributed by atoms with van der Waals surface area (Å²) in [6.07, 6.45) is 10.5. The van der Waals surface area contributed by atoms with Crippen molar-refractivity contribution in [1.82, 2.24) is 5.32 Å². The molecule has 9 heteroatoms. The first-order valence-electron chi connectivity index (χ1n) is 15.6. The Balaban J connectivity index is 1.40. The number of esters is 2. The maximum absolute atomic E-state index is 12.5. The fourth-order valence-electron chi connectivity index (χ4n) is 4.93. The Labute approximate surface area is 255 Å². The molecule has 9 nitrogen and oxygen atoms in total. The van der Waals surface area contributed by atoms with E-state index in [2.05, 4.69) is 22.2 Å². The van der Waals surface area contributed by atoms with E-state index < -0.39 is 11.9 Å². The largest absolute Gasteiger partial charge is 0.494 e. The van der Waals surface area contributed by atoms with Gasteiger partial charge in [0.15, 0.2) is 0 Å². The molecule has 0 heterocycles. The predicted molar refractivity (Wildman–Crippen MR) is 164 cm³/mol. The van der Waals surface area contributed by atoms with E-state index in [4.69, 9.17) is 18.9 Å². The van der Waals surface area contributed by atoms with Crippen molar-refractivity contribution in [2.24, 2.45) is 0 Å². The van der Waals surface area contributed by atoms with E-state index in [1.807, 2.05) is 12.1 Å². The molecule has 0 spiro atoms. The summed E-state index contributed by atoms with van der Waals surface area (Å²) in [5.41, 5.74) is 2.10. The third-order valence-electron chi connectivity index (χ3n) is 7.31. The average Bonchev–Trinajstić information content (AvgIpc) is 3.02. The van der Waals surface area contributed by atoms with Crippen LogP contribution in [0.2, 0.25) is 0 Å². The summed E-state index contributed by atoms with van der Waals surface area (Å²) in [6, 6.07) is 13.1. The van der Waals surface area contributed by atoms with Crippen LogP contribution in [-0.2, 0) is 36.6 Å². The minimum atomic E-state index is -0.461. The van der Waals surface area contributed by atoms with E-state index in [1.54, 1.807) is 25.1 Å². The minimum absolute atomic E-state index is 0.00123. The lowest BCUT2D eigenvalue weighted by Crippen LogP contribution is -2.28. The van der Waals surface area contributed by atoms with Gasteiger partial charge >= 0.3 is 11.9 Å². The van der Waals surface area contributed by atoms with Crippen molar-refractivity contribution in [2.45, 2.75) is 83.7 Å². The van der Waals surface area contributed by atoms with Crippen molar-refractivity contribution in [3.8, 4) is 11.5 Å². The van der Waals surface area contributed by atoms with E-state index >= 15 is 0 Å². The third-order valence-corrected chi connectivity index (χ3v) is 7.31. The number of ether oxygens (including phenoxy) is 5. The number of methoxy groups -OCH3 is 1. The van der Waals surface area contributed by atoms with Crippen LogP contribution in [0, 0.1) is 0 Å². The highest BCUT2D eigenvalue weighted by molar-refractivity contribution is 5.90. The van der Waals surface area contributed by atoms with Gasteiger partial charge in [0.1, 0.15) is 11.5 Å². The number of benzene rings is 2. The predicted octanol–water partition coefficient (Wildman–Crippen LogP) is 5.61. The van der Waals surface area contributed by atoms with E-state index in [9.17, 15) is 14.4 Å². The lowest BCUT2D eigenvalue weighted by atomic mass is 9.98. The Kier molecular flexibility index (Phi) is 15.4. The van der Waals surface area contributed by atoms with Gasteiger partial charge in [0.2, 0.25) is 5.91 Å². The lowest BCUT2D eigenvalue weighted by molar-refractivity contribution is -0.140. The molecule has 1 N–H and O–H groups in total. The zero-order valence-electron chi connectivity index (χ0n) is 25.7. The van der Waals surface area contributed by atoms with E-state index in [0.717, 1.165) is 38.0 Å². The van der Waals surface area contributed by atoms with Gasteiger partial charge in [0, 0.05) is 18.7 Å². The standard InChI is InChI=1S/C34H47NO8/c1-3-40-34(38)27-15-18-31(28(24-27)25-32(36)35-20-19-33(37)39-2)43-23-9-10-26-13-16-30(17-14-26)42-22-8-7-21-41-29-11-5-4-6-12-29/h13-18,24,29H,3-12,19-23,25H2,1-2H3,(H,35,36). The van der Waals surface area contributed by atoms with Crippen LogP contribution in [0.3, 0.4) is 0 Å². The first-order valence-corrected chi connectivity index (χ1v) is 15.6. The van der Waals surface area contributed by atoms with Crippen molar-refractivity contribution in [1.29, 1.82) is 0 Å². The zero-order chi connectivity index (χ0) is 30.7. The molecule has 0 radical (unpaired) electrons. The molecule has 1 aliphatic carbocycles. The van der Waals surface area contributed by atoms with Crippen LogP contribution in [0.25, 0.3) is 0 Å². The molecule has 236 valence electrons. The second-order valence-corrected chi connectivity index (χ2v) is 10.7. The average molecular weight is 598 g/mol. The van der Waals surface area contributed by atoms with E-state index in [0.29, 0.717) is 36.2 Å². The number of carbonyl (C=O) groups excluding carboxylic acids is 3. The van der Waals surface area contributed by atoms with Gasteiger partial charge in [-0.1, -0.05) is 31.4 Å². The molecule has 0 bridgehead atoms. The van der Waals surface area contributed by atoms with Gasteiger partial charge in [-0.3, -0.25) is 9.59 Å². The highest BCUT2D eigenvalue weighted by Crippen LogP contribution is 2.23. The summed E-state index contributed by atoms with van der Waals surface area (Å²) in [6.45, 7) is 4.10. The lowest BCUT2D eigenvalue weighted by Gasteiger charge is -2.21. The molecule has 3 rings (SSSR count). The van der Waals surface area contributed by atoms with Gasteiger partial charge in [-0.15, -0.1) is 0 Å². The first-order chi connectivity index (χ1) is 21.0. The summed E-state index contributed by atoms with van der Waals surface area (Å²) in [4.78, 5) is 36.1. The summed E-state index contributed by atoms with van der Waals surface area (Å²) in [7, 11) is 1.30. The Hall–Kier alpha value is -3.59. The smallest absolute Gasteiger partial charge is 0.338 e. The fourth-order valence-corrected chi connectivity index (χ4v) is 4.93. The van der Waals surface area contributed by atoms with Gasteiger partial charge in [-0.2, -0.15) is 0 Å². The monoisotopic (exact) mass is 597 g/mol. The molecule has 1 aliphatic rings. The van der Waals surface area contributed by atoms with Crippen LogP contribution in [-0.4, -0.2) is 64.0 Å². The molecule has 0 unspecified atom stereocenters. The Morgan fingerprint density at radius 3 is 2.37 bits per heavy atom. The van der Waals surface area contributed by atoms with Crippen LogP contribution in [0.4, 0.5) is 0 Å². The summed E-state index contributed by atoms with van der Waals surface area (Å²) >= 11 is 0. The van der Waals surface area contributed by atoms with Gasteiger partial charge in [-0.25, -0.2) is 4.79 Å². The minimum Gasteiger partial charge on any atom is -0.494 e. The summed E-state index contributed by atoms with van der Waals surface area (Å²) in [5, 5.41) is 2.70. The Bertz CT molecular complexity index is 1130. The molecular weight excluding hydrogens is 550 g/mol. The number of rotatable bonds is 19. The number of carbonyl (C=O) groups is 3. The highest BCUT2D eigenvalue weighted by Gasteiger charge is 2.15. The van der Waals surface area contributed by atoms with Crippen molar-refractivity contribution in [2.75, 3.05) is 40.1 Å². The van der Waals surface area contributed by atoms with Crippen molar-refractivity contribution in [3.63, 3.8) is 0 Å². The third kappa shape index (κ3) is 13.1. The molecular formula is C34H47NO8. The number of nitrogens with one attached hydrogen (secondary N) is 1. The molecule has 0 saturated heterocycles.